The number of nitrogens with one attached hydrogen (secondary N) is 1. The largest absolute Gasteiger partial charge is 0.334 e. The van der Waals surface area contributed by atoms with Gasteiger partial charge in [-0.25, -0.2) is 14.5 Å². The van der Waals surface area contributed by atoms with Crippen molar-refractivity contribution in [2.45, 2.75) is 52.6 Å². The average molecular weight is 327 g/mol. The van der Waals surface area contributed by atoms with Gasteiger partial charge < -0.3 is 10.2 Å². The molecule has 128 valence electrons. The number of piperidine rings is 1. The first kappa shape index (κ1) is 16.5. The lowest BCUT2D eigenvalue weighted by Crippen LogP contribution is -2.47. The zero-order valence-electron chi connectivity index (χ0n) is 14.6. The Labute approximate surface area is 142 Å². The Bertz CT molecular complexity index is 707. The van der Waals surface area contributed by atoms with Crippen molar-refractivity contribution in [1.82, 2.24) is 25.0 Å². The summed E-state index contributed by atoms with van der Waals surface area (Å²) in [4.78, 5) is 18.7. The number of hydrogen-bond acceptors (Lipinski definition) is 3. The van der Waals surface area contributed by atoms with Gasteiger partial charge in [0.2, 0.25) is 0 Å². The molecule has 0 saturated carbocycles. The first-order valence-corrected chi connectivity index (χ1v) is 8.57. The highest BCUT2D eigenvalue weighted by Crippen LogP contribution is 2.16. The summed E-state index contributed by atoms with van der Waals surface area (Å²) in [6, 6.07) is 6.29. The fourth-order valence-electron chi connectivity index (χ4n) is 3.19. The van der Waals surface area contributed by atoms with Gasteiger partial charge in [0.15, 0.2) is 5.82 Å². The predicted octanol–water partition coefficient (Wildman–Crippen LogP) is 2.97. The van der Waals surface area contributed by atoms with E-state index in [0.29, 0.717) is 12.6 Å². The molecule has 2 aromatic heterocycles. The van der Waals surface area contributed by atoms with Gasteiger partial charge in [0.1, 0.15) is 0 Å². The fourth-order valence-corrected chi connectivity index (χ4v) is 3.19. The van der Waals surface area contributed by atoms with E-state index in [1.165, 1.54) is 6.42 Å². The van der Waals surface area contributed by atoms with Gasteiger partial charge in [-0.15, -0.1) is 0 Å². The van der Waals surface area contributed by atoms with Crippen molar-refractivity contribution in [3.63, 3.8) is 0 Å². The van der Waals surface area contributed by atoms with Crippen molar-refractivity contribution in [3.05, 3.63) is 41.3 Å². The molecule has 1 aliphatic rings. The number of carbonyl (C=O) groups is 1. The fraction of sp³-hybridized carbons (Fsp3) is 0.500. The molecule has 6 nitrogen and oxygen atoms in total. The molecule has 0 aromatic carbocycles. The number of hydrogen-bond donors (Lipinski definition) is 1. The number of likely N-dealkylation sites (tertiary alicyclic amines) is 1. The van der Waals surface area contributed by atoms with Crippen molar-refractivity contribution < 1.29 is 4.79 Å². The van der Waals surface area contributed by atoms with E-state index in [1.807, 2.05) is 41.6 Å². The number of amides is 2. The maximum atomic E-state index is 12.3. The van der Waals surface area contributed by atoms with Crippen molar-refractivity contribution in [2.75, 3.05) is 6.54 Å². The summed E-state index contributed by atoms with van der Waals surface area (Å²) in [6.45, 7) is 7.43. The van der Waals surface area contributed by atoms with Crippen molar-refractivity contribution in [3.8, 4) is 5.82 Å². The number of aryl methyl sites for hydroxylation is 2. The van der Waals surface area contributed by atoms with Crippen molar-refractivity contribution in [1.29, 1.82) is 0 Å². The maximum Gasteiger partial charge on any atom is 0.317 e. The Morgan fingerprint density at radius 1 is 1.33 bits per heavy atom. The molecule has 2 aromatic rings. The smallest absolute Gasteiger partial charge is 0.317 e. The first-order valence-electron chi connectivity index (χ1n) is 8.57. The van der Waals surface area contributed by atoms with Crippen LogP contribution in [-0.4, -0.2) is 38.3 Å². The molecule has 2 amide bonds. The van der Waals surface area contributed by atoms with Crippen molar-refractivity contribution >= 4 is 6.03 Å². The molecule has 0 radical (unpaired) electrons. The first-order chi connectivity index (χ1) is 11.5. The number of rotatable bonds is 3. The summed E-state index contributed by atoms with van der Waals surface area (Å²) < 4.78 is 1.83. The molecule has 1 saturated heterocycles. The summed E-state index contributed by atoms with van der Waals surface area (Å²) in [5.74, 6) is 0.792. The molecule has 0 unspecified atom stereocenters. The minimum absolute atomic E-state index is 0.0184. The molecular formula is C18H25N5O. The second-order valence-corrected chi connectivity index (χ2v) is 6.56. The molecule has 0 bridgehead atoms. The lowest BCUT2D eigenvalue weighted by molar-refractivity contribution is 0.158. The van der Waals surface area contributed by atoms with Gasteiger partial charge in [0.05, 0.1) is 5.69 Å². The molecule has 1 N–H and O–H groups in total. The van der Waals surface area contributed by atoms with Crippen LogP contribution < -0.4 is 5.32 Å². The molecule has 6 heteroatoms. The number of urea groups is 1. The Balaban J connectivity index is 1.60. The van der Waals surface area contributed by atoms with Gasteiger partial charge in [0, 0.05) is 31.0 Å². The molecule has 3 heterocycles. The van der Waals surface area contributed by atoms with Gasteiger partial charge in [-0.1, -0.05) is 6.07 Å². The Hall–Kier alpha value is -2.37. The average Bonchev–Trinajstić information content (AvgIpc) is 2.92. The van der Waals surface area contributed by atoms with E-state index >= 15 is 0 Å². The summed E-state index contributed by atoms with van der Waals surface area (Å²) in [5, 5.41) is 7.43. The summed E-state index contributed by atoms with van der Waals surface area (Å²) in [5.41, 5.74) is 3.01. The van der Waals surface area contributed by atoms with Gasteiger partial charge in [-0.2, -0.15) is 5.10 Å². The van der Waals surface area contributed by atoms with E-state index < -0.39 is 0 Å². The van der Waals surface area contributed by atoms with Crippen LogP contribution in [0.5, 0.6) is 0 Å². The summed E-state index contributed by atoms with van der Waals surface area (Å²) in [6.07, 6.45) is 5.19. The van der Waals surface area contributed by atoms with E-state index in [-0.39, 0.29) is 6.03 Å². The highest BCUT2D eigenvalue weighted by molar-refractivity contribution is 5.74. The van der Waals surface area contributed by atoms with Crippen LogP contribution in [0.15, 0.2) is 24.4 Å². The lowest BCUT2D eigenvalue weighted by atomic mass is 10.0. The third-order valence-corrected chi connectivity index (χ3v) is 4.54. The van der Waals surface area contributed by atoms with Crippen molar-refractivity contribution in [2.24, 2.45) is 0 Å². The molecule has 24 heavy (non-hydrogen) atoms. The van der Waals surface area contributed by atoms with Gasteiger partial charge >= 0.3 is 6.03 Å². The van der Waals surface area contributed by atoms with Crippen LogP contribution in [0.25, 0.3) is 5.82 Å². The monoisotopic (exact) mass is 327 g/mol. The Morgan fingerprint density at radius 3 is 2.79 bits per heavy atom. The number of carbonyl (C=O) groups excluding carboxylic acids is 1. The Kier molecular flexibility index (Phi) is 4.83. The molecule has 0 spiro atoms. The molecule has 1 fully saturated rings. The van der Waals surface area contributed by atoms with Crippen LogP contribution in [0.4, 0.5) is 4.79 Å². The van der Waals surface area contributed by atoms with Gasteiger partial charge in [0.25, 0.3) is 0 Å². The van der Waals surface area contributed by atoms with Gasteiger partial charge in [-0.05, 0) is 57.7 Å². The number of pyridine rings is 1. The normalized spacial score (nSPS) is 17.8. The van der Waals surface area contributed by atoms with Crippen LogP contribution >= 0.6 is 0 Å². The zero-order chi connectivity index (χ0) is 17.1. The van der Waals surface area contributed by atoms with E-state index in [0.717, 1.165) is 42.2 Å². The maximum absolute atomic E-state index is 12.3. The minimum Gasteiger partial charge on any atom is -0.334 e. The number of nitrogens with zero attached hydrogens (tertiary/aromatic N) is 4. The minimum atomic E-state index is 0.0184. The molecular weight excluding hydrogens is 302 g/mol. The standard InChI is InChI=1S/C18H25N5O/c1-13-10-15(3)23(21-13)17-8-7-16(11-19-17)12-20-18(24)22-9-5-4-6-14(22)2/h7-8,10-11,14H,4-6,9,12H2,1-3H3,(H,20,24)/t14-/m0/s1. The van der Waals surface area contributed by atoms with Crippen LogP contribution in [0.3, 0.4) is 0 Å². The summed E-state index contributed by atoms with van der Waals surface area (Å²) in [7, 11) is 0. The molecule has 0 aliphatic carbocycles. The quantitative estimate of drug-likeness (QED) is 0.942. The third-order valence-electron chi connectivity index (χ3n) is 4.54. The number of aromatic nitrogens is 3. The second kappa shape index (κ2) is 7.03. The van der Waals surface area contributed by atoms with Gasteiger partial charge in [-0.3, -0.25) is 0 Å². The second-order valence-electron chi connectivity index (χ2n) is 6.56. The highest BCUT2D eigenvalue weighted by Gasteiger charge is 2.22. The van der Waals surface area contributed by atoms with E-state index in [1.54, 1.807) is 6.20 Å². The van der Waals surface area contributed by atoms with E-state index in [2.05, 4.69) is 22.3 Å². The van der Waals surface area contributed by atoms with Crippen LogP contribution in [0.1, 0.15) is 43.1 Å². The topological polar surface area (TPSA) is 63.1 Å². The zero-order valence-corrected chi connectivity index (χ0v) is 14.6. The van der Waals surface area contributed by atoms with Crippen LogP contribution in [0, 0.1) is 13.8 Å². The predicted molar refractivity (Wildman–Crippen MR) is 93.1 cm³/mol. The SMILES string of the molecule is Cc1cc(C)n(-c2ccc(CNC(=O)N3CCCC[C@@H]3C)cn2)n1. The van der Waals surface area contributed by atoms with Crippen LogP contribution in [0.2, 0.25) is 0 Å². The van der Waals surface area contributed by atoms with E-state index in [4.69, 9.17) is 0 Å². The lowest BCUT2D eigenvalue weighted by Gasteiger charge is -2.33. The van der Waals surface area contributed by atoms with Crippen LogP contribution in [-0.2, 0) is 6.54 Å². The molecule has 3 rings (SSSR count). The summed E-state index contributed by atoms with van der Waals surface area (Å²) >= 11 is 0. The molecule has 1 aliphatic heterocycles. The third kappa shape index (κ3) is 3.58. The Morgan fingerprint density at radius 2 is 2.17 bits per heavy atom. The van der Waals surface area contributed by atoms with E-state index in [9.17, 15) is 4.79 Å². The molecule has 1 atom stereocenters. The highest BCUT2D eigenvalue weighted by atomic mass is 16.2.